The molecule has 0 aliphatic rings. The Labute approximate surface area is 48.3 Å². The molecule has 0 amide bonds. The van der Waals surface area contributed by atoms with Gasteiger partial charge in [-0.25, -0.2) is 0 Å². The van der Waals surface area contributed by atoms with E-state index in [1.54, 1.807) is 0 Å². The van der Waals surface area contributed by atoms with Gasteiger partial charge in [-0.05, 0) is 0 Å². The Bertz CT molecular complexity index is 11.6. The summed E-state index contributed by atoms with van der Waals surface area (Å²) in [6.07, 6.45) is 0. The average molecular weight is 182 g/mol. The van der Waals surface area contributed by atoms with Crippen LogP contribution >= 0.6 is 0 Å². The molecule has 3 N–H and O–H groups in total. The van der Waals surface area contributed by atoms with Crippen molar-refractivity contribution in [1.29, 1.82) is 0 Å². The van der Waals surface area contributed by atoms with E-state index in [0.717, 1.165) is 0 Å². The van der Waals surface area contributed by atoms with E-state index in [2.05, 4.69) is 0 Å². The van der Waals surface area contributed by atoms with Crippen molar-refractivity contribution in [1.82, 2.24) is 0 Å². The van der Waals surface area contributed by atoms with Crippen molar-refractivity contribution >= 4 is 23.9 Å². The van der Waals surface area contributed by atoms with Gasteiger partial charge in [0.1, 0.15) is 0 Å². The van der Waals surface area contributed by atoms with Gasteiger partial charge in [0.25, 0.3) is 0 Å². The zero-order valence-corrected chi connectivity index (χ0v) is 7.18. The molecule has 0 aliphatic carbocycles. The molecule has 2 nitrogen and oxygen atoms in total. The van der Waals surface area contributed by atoms with Gasteiger partial charge in [0.05, 0.1) is 6.61 Å². The third-order valence-corrected chi connectivity index (χ3v) is 0.129. The van der Waals surface area contributed by atoms with Crippen LogP contribution in [-0.2, 0) is 0 Å². The monoisotopic (exact) mass is 183 g/mol. The molecule has 0 fully saturated rings. The van der Waals surface area contributed by atoms with Crippen LogP contribution in [0.25, 0.3) is 0 Å². The topological polar surface area (TPSA) is 46.2 Å². The molecular weight excluding hydrogens is 173 g/mol. The minimum atomic E-state index is 0. The molecule has 0 spiro atoms. The summed E-state index contributed by atoms with van der Waals surface area (Å²) in [4.78, 5) is 0. The van der Waals surface area contributed by atoms with Gasteiger partial charge in [0.2, 0.25) is 0 Å². The second-order valence-corrected chi connectivity index (χ2v) is 0.512. The molecule has 0 rings (SSSR count). The molecule has 0 bridgehead atoms. The molecule has 0 atom stereocenters. The summed E-state index contributed by atoms with van der Waals surface area (Å²) >= 11 is 0. The number of hydrogen-bond donors (Lipinski definition) is 2. The van der Waals surface area contributed by atoms with Gasteiger partial charge in [-0.1, -0.05) is 0 Å². The van der Waals surface area contributed by atoms with Crippen molar-refractivity contribution < 1.29 is 5.11 Å². The van der Waals surface area contributed by atoms with E-state index in [0.29, 0.717) is 6.54 Å². The molecular formula is C2H9NOSn. The number of aliphatic hydroxyl groups is 1. The first-order valence-corrected chi connectivity index (χ1v) is 1.22. The molecule has 0 aromatic heterocycles. The fraction of sp³-hybridized carbons (Fsp3) is 1.00. The van der Waals surface area contributed by atoms with E-state index in [9.17, 15) is 0 Å². The fourth-order valence-electron chi connectivity index (χ4n) is 0. The van der Waals surface area contributed by atoms with Crippen LogP contribution in [0.15, 0.2) is 0 Å². The average Bonchev–Trinajstić information content (AvgIpc) is 1.37. The molecule has 0 saturated heterocycles. The quantitative estimate of drug-likeness (QED) is 0.461. The summed E-state index contributed by atoms with van der Waals surface area (Å²) in [5.41, 5.74) is 4.78. The van der Waals surface area contributed by atoms with Gasteiger partial charge < -0.3 is 10.8 Å². The van der Waals surface area contributed by atoms with Crippen LogP contribution in [0.2, 0.25) is 0 Å². The molecule has 32 valence electrons. The van der Waals surface area contributed by atoms with Gasteiger partial charge in [-0.3, -0.25) is 0 Å². The Kier molecular flexibility index (Phi) is 16.3. The maximum absolute atomic E-state index is 7.75. The van der Waals surface area contributed by atoms with Crippen LogP contribution in [0, 0.1) is 0 Å². The first-order chi connectivity index (χ1) is 1.91. The number of rotatable bonds is 1. The summed E-state index contributed by atoms with van der Waals surface area (Å²) < 4.78 is 0. The van der Waals surface area contributed by atoms with Gasteiger partial charge >= 0.3 is 23.9 Å². The van der Waals surface area contributed by atoms with Gasteiger partial charge in [-0.2, -0.15) is 0 Å². The molecule has 0 aromatic rings. The normalized spacial score (nSPS) is 6.00. The van der Waals surface area contributed by atoms with Crippen molar-refractivity contribution in [3.63, 3.8) is 0 Å². The van der Waals surface area contributed by atoms with Gasteiger partial charge in [0.15, 0.2) is 0 Å². The summed E-state index contributed by atoms with van der Waals surface area (Å²) in [5, 5.41) is 7.75. The molecule has 0 saturated carbocycles. The van der Waals surface area contributed by atoms with Gasteiger partial charge in [0, 0.05) is 6.54 Å². The fourth-order valence-corrected chi connectivity index (χ4v) is 0. The van der Waals surface area contributed by atoms with Crippen molar-refractivity contribution in [2.75, 3.05) is 13.2 Å². The summed E-state index contributed by atoms with van der Waals surface area (Å²) in [6, 6.07) is 0. The second kappa shape index (κ2) is 8.83. The predicted molar refractivity (Wildman–Crippen MR) is 24.7 cm³/mol. The predicted octanol–water partition coefficient (Wildman–Crippen LogP) is -1.98. The molecule has 0 unspecified atom stereocenters. The van der Waals surface area contributed by atoms with Gasteiger partial charge in [-0.15, -0.1) is 0 Å². The van der Waals surface area contributed by atoms with Crippen molar-refractivity contribution in [2.24, 2.45) is 5.73 Å². The maximum atomic E-state index is 7.75. The van der Waals surface area contributed by atoms with Crippen LogP contribution in [0.1, 0.15) is 0 Å². The van der Waals surface area contributed by atoms with Crippen molar-refractivity contribution in [3.8, 4) is 0 Å². The Balaban J connectivity index is 0. The Morgan fingerprint density at radius 3 is 1.80 bits per heavy atom. The molecule has 0 aromatic carbocycles. The van der Waals surface area contributed by atoms with E-state index in [1.165, 1.54) is 0 Å². The third-order valence-electron chi connectivity index (χ3n) is 0.129. The summed E-state index contributed by atoms with van der Waals surface area (Å²) in [5.74, 6) is 0. The SMILES string of the molecule is NCCO.[SnH2]. The van der Waals surface area contributed by atoms with Crippen LogP contribution in [0.3, 0.4) is 0 Å². The van der Waals surface area contributed by atoms with E-state index in [4.69, 9.17) is 10.8 Å². The first kappa shape index (κ1) is 9.21. The molecule has 2 radical (unpaired) electrons. The minimum absolute atomic E-state index is 0. The number of hydrogen-bond acceptors (Lipinski definition) is 2. The zero-order valence-electron chi connectivity index (χ0n) is 3.15. The Morgan fingerprint density at radius 1 is 1.60 bits per heavy atom. The van der Waals surface area contributed by atoms with Crippen molar-refractivity contribution in [3.05, 3.63) is 0 Å². The van der Waals surface area contributed by atoms with E-state index in [1.807, 2.05) is 0 Å². The Morgan fingerprint density at radius 2 is 1.80 bits per heavy atom. The van der Waals surface area contributed by atoms with Crippen LogP contribution in [0.4, 0.5) is 0 Å². The first-order valence-electron chi connectivity index (χ1n) is 1.22. The molecule has 0 aliphatic heterocycles. The summed E-state index contributed by atoms with van der Waals surface area (Å²) in [7, 11) is 0. The van der Waals surface area contributed by atoms with Crippen molar-refractivity contribution in [2.45, 2.75) is 0 Å². The van der Waals surface area contributed by atoms with E-state index in [-0.39, 0.29) is 30.5 Å². The van der Waals surface area contributed by atoms with Crippen LogP contribution < -0.4 is 5.73 Å². The summed E-state index contributed by atoms with van der Waals surface area (Å²) in [6.45, 7) is 0.472. The van der Waals surface area contributed by atoms with E-state index >= 15 is 0 Å². The third kappa shape index (κ3) is 11.8. The van der Waals surface area contributed by atoms with E-state index < -0.39 is 0 Å². The number of aliphatic hydroxyl groups excluding tert-OH is 1. The molecule has 5 heavy (non-hydrogen) atoms. The van der Waals surface area contributed by atoms with Crippen LogP contribution in [-0.4, -0.2) is 42.2 Å². The molecule has 0 heterocycles. The zero-order chi connectivity index (χ0) is 3.41. The standard InChI is InChI=1S/C2H7NO.Sn.2H/c3-1-2-4;;;/h4H,1-3H2;;;. The number of nitrogens with two attached hydrogens (primary N) is 1. The second-order valence-electron chi connectivity index (χ2n) is 0.512. The van der Waals surface area contributed by atoms with Crippen LogP contribution in [0.5, 0.6) is 0 Å². The molecule has 3 heteroatoms. The Hall–Kier alpha value is 0.719.